The molecule has 0 radical (unpaired) electrons. The molecule has 0 unspecified atom stereocenters. The molecule has 0 aromatic heterocycles. The van der Waals surface area contributed by atoms with Crippen molar-refractivity contribution >= 4 is 11.9 Å². The maximum Gasteiger partial charge on any atom is 0.321 e. The number of carbonyl (C=O) groups is 2. The van der Waals surface area contributed by atoms with Gasteiger partial charge in [0.2, 0.25) is 5.91 Å². The largest absolute Gasteiger partial charge is 0.394 e. The van der Waals surface area contributed by atoms with Crippen molar-refractivity contribution in [3.05, 3.63) is 35.9 Å². The van der Waals surface area contributed by atoms with Crippen LogP contribution in [0.2, 0.25) is 0 Å². The summed E-state index contributed by atoms with van der Waals surface area (Å²) in [5.74, 6) is 0.386. The Morgan fingerprint density at radius 1 is 1.18 bits per heavy atom. The Balaban J connectivity index is 1.54. The normalized spacial score (nSPS) is 28.9. The summed E-state index contributed by atoms with van der Waals surface area (Å²) in [5, 5.41) is 12.0. The third-order valence-corrected chi connectivity index (χ3v) is 8.42. The number of aliphatic hydroxyl groups excluding tert-OH is 1. The summed E-state index contributed by atoms with van der Waals surface area (Å²) in [6.07, 6.45) is 7.48. The van der Waals surface area contributed by atoms with E-state index >= 15 is 0 Å². The van der Waals surface area contributed by atoms with Gasteiger partial charge in [0.1, 0.15) is 6.54 Å². The number of hydrogen-bond donors (Lipinski definition) is 2. The lowest BCUT2D eigenvalue weighted by Gasteiger charge is -2.51. The first-order valence-corrected chi connectivity index (χ1v) is 12.5. The molecule has 1 aliphatic heterocycles. The summed E-state index contributed by atoms with van der Waals surface area (Å²) in [4.78, 5) is 32.3. The number of urea groups is 1. The molecule has 2 aliphatic carbocycles. The number of amides is 3. The average molecular weight is 457 g/mol. The number of benzene rings is 1. The molecule has 3 amide bonds. The molecule has 4 rings (SSSR count). The molecule has 3 aliphatic rings. The molecule has 182 valence electrons. The number of aliphatic hydroxyl groups is 1. The molecule has 1 aromatic rings. The van der Waals surface area contributed by atoms with E-state index in [4.69, 9.17) is 0 Å². The molecule has 0 bridgehead atoms. The van der Waals surface area contributed by atoms with Gasteiger partial charge in [0.05, 0.1) is 12.1 Å². The average Bonchev–Trinajstić information content (AvgIpc) is 3.02. The van der Waals surface area contributed by atoms with E-state index in [1.807, 2.05) is 0 Å². The zero-order valence-corrected chi connectivity index (χ0v) is 20.4. The summed E-state index contributed by atoms with van der Waals surface area (Å²) >= 11 is 0. The number of nitrogens with zero attached hydrogens (tertiary/aromatic N) is 3. The molecule has 2 saturated carbocycles. The molecule has 7 nitrogen and oxygen atoms in total. The van der Waals surface area contributed by atoms with E-state index in [0.29, 0.717) is 12.5 Å². The Morgan fingerprint density at radius 3 is 2.39 bits per heavy atom. The molecule has 3 fully saturated rings. The zero-order valence-electron chi connectivity index (χ0n) is 20.4. The van der Waals surface area contributed by atoms with Crippen LogP contribution >= 0.6 is 0 Å². The van der Waals surface area contributed by atoms with Crippen molar-refractivity contribution in [3.8, 4) is 0 Å². The second kappa shape index (κ2) is 9.63. The second-order valence-corrected chi connectivity index (χ2v) is 10.7. The van der Waals surface area contributed by atoms with Crippen LogP contribution in [0.3, 0.4) is 0 Å². The molecule has 2 N–H and O–H groups in total. The molecule has 1 heterocycles. The van der Waals surface area contributed by atoms with Crippen LogP contribution in [0.1, 0.15) is 57.4 Å². The highest BCUT2D eigenvalue weighted by molar-refractivity contribution is 5.86. The Hall–Kier alpha value is -2.12. The van der Waals surface area contributed by atoms with Gasteiger partial charge < -0.3 is 20.2 Å². The minimum Gasteiger partial charge on any atom is -0.394 e. The highest BCUT2D eigenvalue weighted by Gasteiger charge is 2.55. The third-order valence-electron chi connectivity index (χ3n) is 8.42. The molecule has 1 saturated heterocycles. The van der Waals surface area contributed by atoms with Gasteiger partial charge in [-0.25, -0.2) is 4.79 Å². The summed E-state index contributed by atoms with van der Waals surface area (Å²) in [6.45, 7) is 3.13. The summed E-state index contributed by atoms with van der Waals surface area (Å²) in [7, 11) is 4.33. The van der Waals surface area contributed by atoms with Gasteiger partial charge in [0.25, 0.3) is 0 Å². The predicted octanol–water partition coefficient (Wildman–Crippen LogP) is 2.79. The van der Waals surface area contributed by atoms with Crippen LogP contribution in [-0.4, -0.2) is 83.7 Å². The highest BCUT2D eigenvalue weighted by atomic mass is 16.3. The number of rotatable bonds is 8. The maximum absolute atomic E-state index is 13.5. The lowest BCUT2D eigenvalue weighted by Crippen LogP contribution is -2.56. The first kappa shape index (κ1) is 24.0. The molecule has 33 heavy (non-hydrogen) atoms. The maximum atomic E-state index is 13.5. The van der Waals surface area contributed by atoms with Crippen molar-refractivity contribution in [2.45, 2.75) is 69.0 Å². The van der Waals surface area contributed by atoms with Gasteiger partial charge in [-0.05, 0) is 71.0 Å². The fourth-order valence-electron chi connectivity index (χ4n) is 6.05. The fraction of sp³-hybridized carbons (Fsp3) is 0.692. The quantitative estimate of drug-likeness (QED) is 0.631. The predicted molar refractivity (Wildman–Crippen MR) is 129 cm³/mol. The van der Waals surface area contributed by atoms with E-state index in [2.05, 4.69) is 59.5 Å². The van der Waals surface area contributed by atoms with Gasteiger partial charge in [0, 0.05) is 24.7 Å². The second-order valence-electron chi connectivity index (χ2n) is 10.7. The monoisotopic (exact) mass is 456 g/mol. The lowest BCUT2D eigenvalue weighted by atomic mass is 9.68. The van der Waals surface area contributed by atoms with Crippen molar-refractivity contribution in [2.24, 2.45) is 5.92 Å². The van der Waals surface area contributed by atoms with Crippen molar-refractivity contribution in [1.82, 2.24) is 20.0 Å². The van der Waals surface area contributed by atoms with E-state index in [1.165, 1.54) is 24.8 Å². The van der Waals surface area contributed by atoms with Gasteiger partial charge in [-0.15, -0.1) is 0 Å². The summed E-state index contributed by atoms with van der Waals surface area (Å²) < 4.78 is 0. The van der Waals surface area contributed by atoms with Crippen LogP contribution in [0, 0.1) is 5.92 Å². The Bertz CT molecular complexity index is 831. The van der Waals surface area contributed by atoms with E-state index in [0.717, 1.165) is 32.2 Å². The highest BCUT2D eigenvalue weighted by Crippen LogP contribution is 2.49. The van der Waals surface area contributed by atoms with E-state index in [1.54, 1.807) is 11.8 Å². The van der Waals surface area contributed by atoms with Crippen LogP contribution < -0.4 is 5.32 Å². The van der Waals surface area contributed by atoms with E-state index < -0.39 is 0 Å². The molecule has 7 heteroatoms. The Morgan fingerprint density at radius 2 is 1.85 bits per heavy atom. The number of hydrogen-bond acceptors (Lipinski definition) is 4. The first-order chi connectivity index (χ1) is 15.8. The van der Waals surface area contributed by atoms with Crippen LogP contribution in [0.15, 0.2) is 30.3 Å². The minimum atomic E-state index is -0.309. The van der Waals surface area contributed by atoms with Crippen LogP contribution in [0.4, 0.5) is 4.79 Å². The zero-order chi connectivity index (χ0) is 23.6. The molecular weight excluding hydrogens is 416 g/mol. The van der Waals surface area contributed by atoms with Crippen molar-refractivity contribution in [2.75, 3.05) is 40.3 Å². The lowest BCUT2D eigenvalue weighted by molar-refractivity contribution is -0.122. The smallest absolute Gasteiger partial charge is 0.321 e. The van der Waals surface area contributed by atoms with Crippen LogP contribution in [-0.2, 0) is 10.3 Å². The van der Waals surface area contributed by atoms with E-state index in [9.17, 15) is 14.7 Å². The third kappa shape index (κ3) is 4.62. The van der Waals surface area contributed by atoms with Crippen LogP contribution in [0.5, 0.6) is 0 Å². The SMILES string of the molecule is C[C@H](CO)NC(=O)CN1C[C@]2(CC[C@@](c3ccccc3)(N(C)C)CC2)N(CC2CCC2)C1=O. The van der Waals surface area contributed by atoms with Crippen LogP contribution in [0.25, 0.3) is 0 Å². The standard InChI is InChI=1S/C26H40N4O3/c1-20(18-31)27-23(32)17-29-19-25(30(24(29)33)16-21-8-7-9-21)12-14-26(15-13-25,28(2)3)22-10-5-4-6-11-22/h4-6,10-11,20-21,31H,7-9,12-19H2,1-3H3,(H,27,32)/t20-,25-,26-/m1/s1. The number of nitrogens with one attached hydrogen (secondary N) is 1. The fourth-order valence-corrected chi connectivity index (χ4v) is 6.05. The molecular formula is C26H40N4O3. The van der Waals surface area contributed by atoms with Gasteiger partial charge in [-0.1, -0.05) is 36.8 Å². The van der Waals surface area contributed by atoms with Gasteiger partial charge in [0.15, 0.2) is 0 Å². The molecule has 1 atom stereocenters. The molecule has 1 spiro atoms. The van der Waals surface area contributed by atoms with Crippen molar-refractivity contribution < 1.29 is 14.7 Å². The minimum absolute atomic E-state index is 0.00534. The Labute approximate surface area is 198 Å². The van der Waals surface area contributed by atoms with Gasteiger partial charge >= 0.3 is 6.03 Å². The van der Waals surface area contributed by atoms with E-state index in [-0.39, 0.29) is 42.2 Å². The number of carbonyl (C=O) groups excluding carboxylic acids is 2. The molecule has 1 aromatic carbocycles. The summed E-state index contributed by atoms with van der Waals surface area (Å²) in [6, 6.07) is 10.4. The van der Waals surface area contributed by atoms with Crippen molar-refractivity contribution in [1.29, 1.82) is 0 Å². The van der Waals surface area contributed by atoms with Crippen molar-refractivity contribution in [3.63, 3.8) is 0 Å². The van der Waals surface area contributed by atoms with Gasteiger partial charge in [-0.2, -0.15) is 0 Å². The van der Waals surface area contributed by atoms with Gasteiger partial charge in [-0.3, -0.25) is 9.69 Å². The Kier molecular flexibility index (Phi) is 7.01. The summed E-state index contributed by atoms with van der Waals surface area (Å²) in [5.41, 5.74) is 1.11. The first-order valence-electron chi connectivity index (χ1n) is 12.5. The topological polar surface area (TPSA) is 76.1 Å².